The van der Waals surface area contributed by atoms with Crippen molar-refractivity contribution in [1.29, 1.82) is 0 Å². The fourth-order valence-electron chi connectivity index (χ4n) is 2.63. The quantitative estimate of drug-likeness (QED) is 0.703. The van der Waals surface area contributed by atoms with E-state index in [0.717, 1.165) is 11.3 Å². The second-order valence-corrected chi connectivity index (χ2v) is 7.69. The second-order valence-electron chi connectivity index (χ2n) is 5.80. The van der Waals surface area contributed by atoms with Crippen molar-refractivity contribution >= 4 is 10.0 Å². The highest BCUT2D eigenvalue weighted by Gasteiger charge is 2.39. The summed E-state index contributed by atoms with van der Waals surface area (Å²) >= 11 is 0. The van der Waals surface area contributed by atoms with Gasteiger partial charge in [-0.2, -0.15) is 4.31 Å². The summed E-state index contributed by atoms with van der Waals surface area (Å²) in [6.07, 6.45) is 4.84. The highest BCUT2D eigenvalue weighted by atomic mass is 32.2. The van der Waals surface area contributed by atoms with Gasteiger partial charge in [0.15, 0.2) is 5.03 Å². The number of rotatable bonds is 4. The molecule has 0 radical (unpaired) electrons. The third-order valence-corrected chi connectivity index (χ3v) is 5.79. The molecule has 3 aromatic rings. The third kappa shape index (κ3) is 2.51. The van der Waals surface area contributed by atoms with Gasteiger partial charge in [-0.1, -0.05) is 35.5 Å². The number of aryl methyl sites for hydroxylation is 1. The maximum Gasteiger partial charge on any atom is 0.262 e. The number of imidazole rings is 1. The Morgan fingerprint density at radius 3 is 2.54 bits per heavy atom. The lowest BCUT2D eigenvalue weighted by Crippen LogP contribution is -2.50. The van der Waals surface area contributed by atoms with Gasteiger partial charge in [-0.3, -0.25) is 0 Å². The van der Waals surface area contributed by atoms with Crippen molar-refractivity contribution in [2.75, 3.05) is 13.1 Å². The van der Waals surface area contributed by atoms with Crippen LogP contribution < -0.4 is 0 Å². The van der Waals surface area contributed by atoms with Gasteiger partial charge in [0.1, 0.15) is 5.69 Å². The largest absolute Gasteiger partial charge is 0.339 e. The molecule has 1 saturated heterocycles. The normalized spacial score (nSPS) is 16.2. The molecular weight excluding hydrogens is 328 g/mol. The number of hydrogen-bond donors (Lipinski definition) is 0. The van der Waals surface area contributed by atoms with Crippen LogP contribution in [0.3, 0.4) is 0 Å². The van der Waals surface area contributed by atoms with Crippen molar-refractivity contribution in [3.63, 3.8) is 0 Å². The Labute approximate surface area is 139 Å². The Morgan fingerprint density at radius 1 is 1.12 bits per heavy atom. The molecule has 3 heterocycles. The molecular formula is C15H16N6O2S. The average molecular weight is 344 g/mol. The van der Waals surface area contributed by atoms with Crippen LogP contribution in [0.15, 0.2) is 54.1 Å². The zero-order chi connectivity index (χ0) is 16.7. The summed E-state index contributed by atoms with van der Waals surface area (Å²) in [5.74, 6) is 0. The highest BCUT2D eigenvalue weighted by molar-refractivity contribution is 7.89. The van der Waals surface area contributed by atoms with E-state index >= 15 is 0 Å². The first-order valence-electron chi connectivity index (χ1n) is 7.49. The number of hydrogen-bond acceptors (Lipinski definition) is 5. The predicted octanol–water partition coefficient (Wildman–Crippen LogP) is 0.924. The summed E-state index contributed by atoms with van der Waals surface area (Å²) in [4.78, 5) is 3.93. The van der Waals surface area contributed by atoms with E-state index < -0.39 is 10.0 Å². The molecule has 0 unspecified atom stereocenters. The monoisotopic (exact) mass is 344 g/mol. The van der Waals surface area contributed by atoms with Gasteiger partial charge in [-0.15, -0.1) is 5.10 Å². The Bertz CT molecular complexity index is 957. The Hall–Kier alpha value is -2.52. The van der Waals surface area contributed by atoms with Gasteiger partial charge in [-0.05, 0) is 0 Å². The van der Waals surface area contributed by atoms with Crippen LogP contribution in [0, 0.1) is 0 Å². The molecule has 0 atom stereocenters. The van der Waals surface area contributed by atoms with E-state index in [1.54, 1.807) is 16.3 Å². The van der Waals surface area contributed by atoms with Crippen molar-refractivity contribution in [3.8, 4) is 11.3 Å². The molecule has 124 valence electrons. The first-order valence-corrected chi connectivity index (χ1v) is 8.93. The molecule has 0 bridgehead atoms. The number of nitrogens with zero attached hydrogens (tertiary/aromatic N) is 6. The Kier molecular flexibility index (Phi) is 3.47. The van der Waals surface area contributed by atoms with Crippen LogP contribution in [-0.2, 0) is 17.1 Å². The van der Waals surface area contributed by atoms with Crippen LogP contribution >= 0.6 is 0 Å². The van der Waals surface area contributed by atoms with Gasteiger partial charge in [0.25, 0.3) is 10.0 Å². The first kappa shape index (κ1) is 15.0. The molecule has 0 saturated carbocycles. The van der Waals surface area contributed by atoms with Crippen molar-refractivity contribution in [3.05, 3.63) is 49.1 Å². The lowest BCUT2D eigenvalue weighted by Gasteiger charge is -2.36. The van der Waals surface area contributed by atoms with Crippen LogP contribution in [0.4, 0.5) is 0 Å². The molecule has 0 spiro atoms. The molecule has 8 nitrogen and oxygen atoms in total. The molecule has 2 aromatic heterocycles. The average Bonchev–Trinajstić information content (AvgIpc) is 3.16. The standard InChI is InChI=1S/C15H16N6O2S/c1-19-10-15(16-11-19)24(22,23)20-7-13(8-20)21-9-14(17-18-21)12-5-3-2-4-6-12/h2-6,9-11,13H,7-8H2,1H3. The number of aromatic nitrogens is 5. The van der Waals surface area contributed by atoms with E-state index in [9.17, 15) is 8.42 Å². The van der Waals surface area contributed by atoms with Crippen LogP contribution in [0.5, 0.6) is 0 Å². The van der Waals surface area contributed by atoms with E-state index in [-0.39, 0.29) is 11.1 Å². The van der Waals surface area contributed by atoms with E-state index in [2.05, 4.69) is 15.3 Å². The molecule has 0 N–H and O–H groups in total. The minimum Gasteiger partial charge on any atom is -0.339 e. The lowest BCUT2D eigenvalue weighted by molar-refractivity contribution is 0.188. The Balaban J connectivity index is 1.47. The number of sulfonamides is 1. The predicted molar refractivity (Wildman–Crippen MR) is 86.5 cm³/mol. The highest BCUT2D eigenvalue weighted by Crippen LogP contribution is 2.28. The molecule has 1 aliphatic heterocycles. The molecule has 0 amide bonds. The van der Waals surface area contributed by atoms with E-state index in [1.807, 2.05) is 36.5 Å². The van der Waals surface area contributed by atoms with Crippen molar-refractivity contribution in [2.45, 2.75) is 11.1 Å². The van der Waals surface area contributed by atoms with Crippen molar-refractivity contribution < 1.29 is 8.42 Å². The molecule has 0 aliphatic carbocycles. The SMILES string of the molecule is Cn1cnc(S(=O)(=O)N2CC(n3cc(-c4ccccc4)nn3)C2)c1. The molecule has 4 rings (SSSR count). The third-order valence-electron chi connectivity index (χ3n) is 4.07. The summed E-state index contributed by atoms with van der Waals surface area (Å²) in [5.41, 5.74) is 1.77. The van der Waals surface area contributed by atoms with E-state index in [4.69, 9.17) is 0 Å². The van der Waals surface area contributed by atoms with Gasteiger partial charge in [0.2, 0.25) is 0 Å². The molecule has 1 fully saturated rings. The maximum absolute atomic E-state index is 12.4. The number of benzene rings is 1. The lowest BCUT2D eigenvalue weighted by atomic mass is 10.1. The molecule has 1 aromatic carbocycles. The van der Waals surface area contributed by atoms with Gasteiger partial charge < -0.3 is 4.57 Å². The van der Waals surface area contributed by atoms with Crippen molar-refractivity contribution in [2.24, 2.45) is 7.05 Å². The van der Waals surface area contributed by atoms with Crippen LogP contribution in [0.2, 0.25) is 0 Å². The fourth-order valence-corrected chi connectivity index (χ4v) is 4.11. The summed E-state index contributed by atoms with van der Waals surface area (Å²) in [7, 11) is -1.79. The van der Waals surface area contributed by atoms with Crippen LogP contribution in [0.25, 0.3) is 11.3 Å². The minimum atomic E-state index is -3.53. The van der Waals surface area contributed by atoms with E-state index in [0.29, 0.717) is 13.1 Å². The zero-order valence-corrected chi connectivity index (χ0v) is 13.8. The topological polar surface area (TPSA) is 85.9 Å². The fraction of sp³-hybridized carbons (Fsp3) is 0.267. The van der Waals surface area contributed by atoms with Gasteiger partial charge in [0, 0.05) is 31.9 Å². The summed E-state index contributed by atoms with van der Waals surface area (Å²) < 4.78 is 29.6. The van der Waals surface area contributed by atoms with Gasteiger partial charge in [0.05, 0.1) is 18.6 Å². The van der Waals surface area contributed by atoms with Gasteiger partial charge >= 0.3 is 0 Å². The molecule has 1 aliphatic rings. The van der Waals surface area contributed by atoms with Crippen LogP contribution in [0.1, 0.15) is 6.04 Å². The maximum atomic E-state index is 12.4. The zero-order valence-electron chi connectivity index (χ0n) is 13.0. The molecule has 9 heteroatoms. The van der Waals surface area contributed by atoms with E-state index in [1.165, 1.54) is 16.8 Å². The summed E-state index contributed by atoms with van der Waals surface area (Å²) in [5, 5.41) is 8.38. The summed E-state index contributed by atoms with van der Waals surface area (Å²) in [6.45, 7) is 0.743. The smallest absolute Gasteiger partial charge is 0.262 e. The van der Waals surface area contributed by atoms with Crippen LogP contribution in [-0.4, -0.2) is 50.4 Å². The molecule has 24 heavy (non-hydrogen) atoms. The minimum absolute atomic E-state index is 0.00607. The summed E-state index contributed by atoms with van der Waals surface area (Å²) in [6, 6.07) is 9.76. The second kappa shape index (κ2) is 5.53. The first-order chi connectivity index (χ1) is 11.5. The van der Waals surface area contributed by atoms with Gasteiger partial charge in [-0.25, -0.2) is 18.1 Å². The Morgan fingerprint density at radius 2 is 1.88 bits per heavy atom. The van der Waals surface area contributed by atoms with Crippen molar-refractivity contribution in [1.82, 2.24) is 28.9 Å².